The van der Waals surface area contributed by atoms with Crippen molar-refractivity contribution in [1.29, 1.82) is 0 Å². The summed E-state index contributed by atoms with van der Waals surface area (Å²) in [7, 11) is 0. The number of unbranched alkanes of at least 4 members (excludes halogenated alkanes) is 1. The van der Waals surface area contributed by atoms with Crippen molar-refractivity contribution < 1.29 is 0 Å². The van der Waals surface area contributed by atoms with E-state index in [9.17, 15) is 0 Å². The van der Waals surface area contributed by atoms with Crippen molar-refractivity contribution in [2.45, 2.75) is 38.0 Å². The second-order valence-corrected chi connectivity index (χ2v) is 6.10. The fourth-order valence-corrected chi connectivity index (χ4v) is 3.61. The summed E-state index contributed by atoms with van der Waals surface area (Å²) in [5.41, 5.74) is 8.60. The first-order valence-corrected chi connectivity index (χ1v) is 7.92. The molecule has 2 rings (SSSR count). The molecular formula is C15H23NS. The minimum atomic E-state index is 0.811. The van der Waals surface area contributed by atoms with Crippen LogP contribution in [0.2, 0.25) is 0 Å². The number of hydrogen-bond acceptors (Lipinski definition) is 2. The second-order valence-electron chi connectivity index (χ2n) is 4.88. The molecule has 0 radical (unpaired) electrons. The molecule has 94 valence electrons. The van der Waals surface area contributed by atoms with Gasteiger partial charge in [-0.25, -0.2) is 0 Å². The third kappa shape index (κ3) is 4.04. The minimum absolute atomic E-state index is 0.811. The highest BCUT2D eigenvalue weighted by Gasteiger charge is 2.15. The van der Waals surface area contributed by atoms with Gasteiger partial charge in [-0.3, -0.25) is 0 Å². The van der Waals surface area contributed by atoms with Crippen LogP contribution in [0.1, 0.15) is 42.7 Å². The second kappa shape index (κ2) is 7.07. The van der Waals surface area contributed by atoms with Gasteiger partial charge in [0.2, 0.25) is 0 Å². The maximum Gasteiger partial charge on any atom is -0.00617 e. The van der Waals surface area contributed by atoms with Gasteiger partial charge in [0.05, 0.1) is 0 Å². The molecule has 1 aliphatic rings. The van der Waals surface area contributed by atoms with E-state index < -0.39 is 0 Å². The predicted molar refractivity (Wildman–Crippen MR) is 77.7 cm³/mol. The molecule has 1 heterocycles. The smallest absolute Gasteiger partial charge is 0.00617 e. The van der Waals surface area contributed by atoms with Gasteiger partial charge in [-0.2, -0.15) is 11.8 Å². The van der Waals surface area contributed by atoms with Crippen LogP contribution in [0.3, 0.4) is 0 Å². The third-order valence-electron chi connectivity index (χ3n) is 3.56. The van der Waals surface area contributed by atoms with Crippen LogP contribution in [0.5, 0.6) is 0 Å². The summed E-state index contributed by atoms with van der Waals surface area (Å²) in [5, 5.41) is 0. The van der Waals surface area contributed by atoms with Crippen molar-refractivity contribution in [3.05, 3.63) is 35.4 Å². The molecule has 2 heteroatoms. The molecule has 0 atom stereocenters. The largest absolute Gasteiger partial charge is 0.330 e. The van der Waals surface area contributed by atoms with Crippen LogP contribution >= 0.6 is 11.8 Å². The molecule has 2 N–H and O–H groups in total. The number of aryl methyl sites for hydroxylation is 1. The van der Waals surface area contributed by atoms with Gasteiger partial charge in [0, 0.05) is 0 Å². The van der Waals surface area contributed by atoms with Gasteiger partial charge in [0.25, 0.3) is 0 Å². The molecule has 0 bridgehead atoms. The quantitative estimate of drug-likeness (QED) is 0.807. The zero-order valence-electron chi connectivity index (χ0n) is 10.5. The number of rotatable bonds is 5. The van der Waals surface area contributed by atoms with Crippen molar-refractivity contribution in [2.24, 2.45) is 5.73 Å². The lowest BCUT2D eigenvalue weighted by molar-refractivity contribution is 0.635. The fraction of sp³-hybridized carbons (Fsp3) is 0.600. The molecule has 17 heavy (non-hydrogen) atoms. The van der Waals surface area contributed by atoms with Crippen LogP contribution in [0.15, 0.2) is 24.3 Å². The molecule has 1 aliphatic heterocycles. The van der Waals surface area contributed by atoms with Crippen LogP contribution in [0.25, 0.3) is 0 Å². The van der Waals surface area contributed by atoms with Crippen molar-refractivity contribution >= 4 is 11.8 Å². The zero-order valence-corrected chi connectivity index (χ0v) is 11.3. The van der Waals surface area contributed by atoms with Crippen LogP contribution in [-0.4, -0.2) is 18.1 Å². The van der Waals surface area contributed by atoms with E-state index in [1.807, 2.05) is 0 Å². The van der Waals surface area contributed by atoms with Gasteiger partial charge in [-0.05, 0) is 67.2 Å². The van der Waals surface area contributed by atoms with Crippen molar-refractivity contribution in [3.8, 4) is 0 Å². The van der Waals surface area contributed by atoms with E-state index in [0.717, 1.165) is 18.9 Å². The summed E-state index contributed by atoms with van der Waals surface area (Å²) in [6.07, 6.45) is 6.27. The average molecular weight is 249 g/mol. The first kappa shape index (κ1) is 13.0. The molecule has 0 spiro atoms. The highest BCUT2D eigenvalue weighted by molar-refractivity contribution is 7.99. The number of hydrogen-bond donors (Lipinski definition) is 1. The van der Waals surface area contributed by atoms with Crippen LogP contribution in [0.4, 0.5) is 0 Å². The predicted octanol–water partition coefficient (Wildman–Crippen LogP) is 3.58. The lowest BCUT2D eigenvalue weighted by atomic mass is 9.91. The first-order chi connectivity index (χ1) is 8.40. The van der Waals surface area contributed by atoms with Crippen molar-refractivity contribution in [3.63, 3.8) is 0 Å². The summed E-state index contributed by atoms with van der Waals surface area (Å²) in [5.74, 6) is 3.48. The molecular weight excluding hydrogens is 226 g/mol. The molecule has 1 aromatic rings. The van der Waals surface area contributed by atoms with Crippen molar-refractivity contribution in [1.82, 2.24) is 0 Å². The van der Waals surface area contributed by atoms with Gasteiger partial charge < -0.3 is 5.73 Å². The standard InChI is InChI=1S/C15H23NS/c16-9-2-1-4-13-5-3-6-15(12-13)14-7-10-17-11-8-14/h3,5-6,12,14H,1-2,4,7-11,16H2. The third-order valence-corrected chi connectivity index (χ3v) is 4.61. The Morgan fingerprint density at radius 3 is 2.76 bits per heavy atom. The SMILES string of the molecule is NCCCCc1cccc(C2CCSCC2)c1. The molecule has 1 fully saturated rings. The minimum Gasteiger partial charge on any atom is -0.330 e. The maximum atomic E-state index is 5.54. The maximum absolute atomic E-state index is 5.54. The molecule has 1 saturated heterocycles. The van der Waals surface area contributed by atoms with Gasteiger partial charge in [0.1, 0.15) is 0 Å². The van der Waals surface area contributed by atoms with Crippen LogP contribution in [-0.2, 0) is 6.42 Å². The van der Waals surface area contributed by atoms with E-state index in [-0.39, 0.29) is 0 Å². The summed E-state index contributed by atoms with van der Waals surface area (Å²) >= 11 is 2.10. The molecule has 0 saturated carbocycles. The van der Waals surface area contributed by atoms with Crippen LogP contribution in [0, 0.1) is 0 Å². The Bertz CT molecular complexity index is 331. The molecule has 0 amide bonds. The Balaban J connectivity index is 1.95. The van der Waals surface area contributed by atoms with E-state index in [1.54, 1.807) is 5.56 Å². The Hall–Kier alpha value is -0.470. The van der Waals surface area contributed by atoms with Gasteiger partial charge >= 0.3 is 0 Å². The lowest BCUT2D eigenvalue weighted by Crippen LogP contribution is -2.08. The number of benzene rings is 1. The van der Waals surface area contributed by atoms with E-state index in [2.05, 4.69) is 36.0 Å². The monoisotopic (exact) mass is 249 g/mol. The van der Waals surface area contributed by atoms with E-state index in [0.29, 0.717) is 0 Å². The highest BCUT2D eigenvalue weighted by atomic mass is 32.2. The molecule has 1 nitrogen and oxygen atoms in total. The fourth-order valence-electron chi connectivity index (χ4n) is 2.51. The van der Waals surface area contributed by atoms with Crippen LogP contribution < -0.4 is 5.73 Å². The number of thioether (sulfide) groups is 1. The Labute approximate surface area is 109 Å². The van der Waals surface area contributed by atoms with E-state index >= 15 is 0 Å². The molecule has 0 aromatic heterocycles. The zero-order chi connectivity index (χ0) is 11.9. The van der Waals surface area contributed by atoms with Gasteiger partial charge in [-0.1, -0.05) is 24.3 Å². The topological polar surface area (TPSA) is 26.0 Å². The lowest BCUT2D eigenvalue weighted by Gasteiger charge is -2.22. The van der Waals surface area contributed by atoms with Gasteiger partial charge in [0.15, 0.2) is 0 Å². The summed E-state index contributed by atoms with van der Waals surface area (Å²) < 4.78 is 0. The number of nitrogens with two attached hydrogens (primary N) is 1. The molecule has 0 unspecified atom stereocenters. The summed E-state index contributed by atoms with van der Waals surface area (Å²) in [4.78, 5) is 0. The Morgan fingerprint density at radius 2 is 2.00 bits per heavy atom. The average Bonchev–Trinajstić information content (AvgIpc) is 2.41. The Morgan fingerprint density at radius 1 is 1.18 bits per heavy atom. The van der Waals surface area contributed by atoms with E-state index in [4.69, 9.17) is 5.73 Å². The summed E-state index contributed by atoms with van der Waals surface area (Å²) in [6, 6.07) is 9.23. The summed E-state index contributed by atoms with van der Waals surface area (Å²) in [6.45, 7) is 0.819. The molecule has 0 aliphatic carbocycles. The first-order valence-electron chi connectivity index (χ1n) is 6.77. The van der Waals surface area contributed by atoms with E-state index in [1.165, 1.54) is 42.8 Å². The van der Waals surface area contributed by atoms with Gasteiger partial charge in [-0.15, -0.1) is 0 Å². The molecule has 1 aromatic carbocycles. The Kier molecular flexibility index (Phi) is 5.40. The highest BCUT2D eigenvalue weighted by Crippen LogP contribution is 2.31. The van der Waals surface area contributed by atoms with Crippen molar-refractivity contribution in [2.75, 3.05) is 18.1 Å². The normalized spacial score (nSPS) is 17.2.